The highest BCUT2D eigenvalue weighted by molar-refractivity contribution is 5.79. The van der Waals surface area contributed by atoms with Crippen LogP contribution in [0.3, 0.4) is 0 Å². The maximum absolute atomic E-state index is 12.4. The van der Waals surface area contributed by atoms with Gasteiger partial charge in [-0.2, -0.15) is 0 Å². The van der Waals surface area contributed by atoms with Gasteiger partial charge in [-0.3, -0.25) is 9.59 Å². The van der Waals surface area contributed by atoms with Gasteiger partial charge in [-0.05, 0) is 36.0 Å². The lowest BCUT2D eigenvalue weighted by molar-refractivity contribution is -0.134. The number of nitrogens with zero attached hydrogens (tertiary/aromatic N) is 1. The highest BCUT2D eigenvalue weighted by Gasteiger charge is 2.26. The number of carbonyl (C=O) groups excluding carboxylic acids is 2. The number of amides is 2. The summed E-state index contributed by atoms with van der Waals surface area (Å²) < 4.78 is 10.5. The van der Waals surface area contributed by atoms with Crippen molar-refractivity contribution in [2.45, 2.75) is 52.5 Å². The highest BCUT2D eigenvalue weighted by Crippen LogP contribution is 2.27. The van der Waals surface area contributed by atoms with E-state index in [4.69, 9.17) is 9.47 Å². The first-order valence-corrected chi connectivity index (χ1v) is 9.50. The van der Waals surface area contributed by atoms with Crippen molar-refractivity contribution in [3.63, 3.8) is 0 Å². The number of likely N-dealkylation sites (tertiary alicyclic amines) is 1. The van der Waals surface area contributed by atoms with Crippen molar-refractivity contribution in [2.24, 2.45) is 5.41 Å². The van der Waals surface area contributed by atoms with Crippen molar-refractivity contribution in [3.05, 3.63) is 23.8 Å². The van der Waals surface area contributed by atoms with E-state index >= 15 is 0 Å². The molecule has 1 fully saturated rings. The van der Waals surface area contributed by atoms with E-state index in [-0.39, 0.29) is 23.3 Å². The average molecular weight is 376 g/mol. The smallest absolute Gasteiger partial charge is 0.224 e. The molecule has 150 valence electrons. The molecule has 1 aliphatic heterocycles. The number of methoxy groups -OCH3 is 2. The lowest BCUT2D eigenvalue weighted by atomic mass is 9.91. The molecule has 0 aromatic heterocycles. The maximum Gasteiger partial charge on any atom is 0.224 e. The zero-order valence-electron chi connectivity index (χ0n) is 17.1. The van der Waals surface area contributed by atoms with Gasteiger partial charge in [0.2, 0.25) is 11.8 Å². The van der Waals surface area contributed by atoms with Gasteiger partial charge in [0.1, 0.15) is 0 Å². The van der Waals surface area contributed by atoms with Gasteiger partial charge in [0.25, 0.3) is 0 Å². The standard InChI is InChI=1S/C21H32N2O4/c1-21(2,3)14-20(25)23-10-8-16(9-11-23)22-19(24)13-15-6-7-17(26-4)18(12-15)27-5/h6-7,12,16H,8-11,13-14H2,1-5H3,(H,22,24). The number of ether oxygens (including phenoxy) is 2. The Bertz CT molecular complexity index is 659. The Hall–Kier alpha value is -2.24. The minimum absolute atomic E-state index is 0.00156. The number of benzene rings is 1. The highest BCUT2D eigenvalue weighted by atomic mass is 16.5. The third-order valence-corrected chi connectivity index (χ3v) is 4.71. The molecule has 1 aliphatic rings. The molecule has 0 spiro atoms. The quantitative estimate of drug-likeness (QED) is 0.829. The number of carbonyl (C=O) groups is 2. The zero-order chi connectivity index (χ0) is 20.0. The summed E-state index contributed by atoms with van der Waals surface area (Å²) >= 11 is 0. The summed E-state index contributed by atoms with van der Waals surface area (Å²) in [6.07, 6.45) is 2.45. The van der Waals surface area contributed by atoms with Gasteiger partial charge in [-0.1, -0.05) is 26.8 Å². The van der Waals surface area contributed by atoms with Crippen molar-refractivity contribution in [2.75, 3.05) is 27.3 Å². The minimum Gasteiger partial charge on any atom is -0.493 e. The van der Waals surface area contributed by atoms with E-state index in [1.807, 2.05) is 17.0 Å². The van der Waals surface area contributed by atoms with Gasteiger partial charge in [0.15, 0.2) is 11.5 Å². The Morgan fingerprint density at radius 2 is 1.74 bits per heavy atom. The second kappa shape index (κ2) is 9.11. The molecule has 6 nitrogen and oxygen atoms in total. The summed E-state index contributed by atoms with van der Waals surface area (Å²) in [5.74, 6) is 1.46. The van der Waals surface area contributed by atoms with Gasteiger partial charge >= 0.3 is 0 Å². The zero-order valence-corrected chi connectivity index (χ0v) is 17.1. The van der Waals surface area contributed by atoms with Crippen LogP contribution in [0, 0.1) is 5.41 Å². The molecule has 0 radical (unpaired) electrons. The van der Waals surface area contributed by atoms with Crippen LogP contribution >= 0.6 is 0 Å². The molecule has 1 heterocycles. The van der Waals surface area contributed by atoms with Crippen LogP contribution < -0.4 is 14.8 Å². The largest absolute Gasteiger partial charge is 0.493 e. The van der Waals surface area contributed by atoms with Crippen molar-refractivity contribution < 1.29 is 19.1 Å². The van der Waals surface area contributed by atoms with Gasteiger partial charge in [0, 0.05) is 25.6 Å². The summed E-state index contributed by atoms with van der Waals surface area (Å²) in [5, 5.41) is 3.09. The van der Waals surface area contributed by atoms with Gasteiger partial charge < -0.3 is 19.7 Å². The first kappa shape index (κ1) is 21.1. The van der Waals surface area contributed by atoms with Crippen molar-refractivity contribution in [3.8, 4) is 11.5 Å². The molecular weight excluding hydrogens is 344 g/mol. The predicted molar refractivity (Wildman–Crippen MR) is 105 cm³/mol. The molecule has 1 N–H and O–H groups in total. The summed E-state index contributed by atoms with van der Waals surface area (Å²) in [7, 11) is 3.17. The Kier molecular flexibility index (Phi) is 7.11. The van der Waals surface area contributed by atoms with Crippen LogP contribution in [0.1, 0.15) is 45.6 Å². The van der Waals surface area contributed by atoms with Crippen LogP contribution in [0.15, 0.2) is 18.2 Å². The van der Waals surface area contributed by atoms with Gasteiger partial charge in [-0.15, -0.1) is 0 Å². The first-order chi connectivity index (χ1) is 12.7. The number of hydrogen-bond acceptors (Lipinski definition) is 4. The van der Waals surface area contributed by atoms with Crippen LogP contribution in [0.5, 0.6) is 11.5 Å². The van der Waals surface area contributed by atoms with Crippen LogP contribution in [-0.4, -0.2) is 50.1 Å². The molecule has 6 heteroatoms. The van der Waals surface area contributed by atoms with E-state index in [0.717, 1.165) is 18.4 Å². The number of rotatable bonds is 6. The molecule has 0 bridgehead atoms. The SMILES string of the molecule is COc1ccc(CC(=O)NC2CCN(C(=O)CC(C)(C)C)CC2)cc1OC. The van der Waals surface area contributed by atoms with E-state index in [2.05, 4.69) is 26.1 Å². The summed E-state index contributed by atoms with van der Waals surface area (Å²) in [6.45, 7) is 7.64. The second-order valence-corrected chi connectivity index (χ2v) is 8.33. The van der Waals surface area contributed by atoms with E-state index in [0.29, 0.717) is 37.4 Å². The Labute approximate surface area is 162 Å². The van der Waals surface area contributed by atoms with E-state index in [1.54, 1.807) is 20.3 Å². The third-order valence-electron chi connectivity index (χ3n) is 4.71. The average Bonchev–Trinajstić information content (AvgIpc) is 2.60. The van der Waals surface area contributed by atoms with Crippen molar-refractivity contribution >= 4 is 11.8 Å². The Morgan fingerprint density at radius 1 is 1.11 bits per heavy atom. The molecule has 2 rings (SSSR count). The maximum atomic E-state index is 12.4. The molecule has 1 saturated heterocycles. The topological polar surface area (TPSA) is 67.9 Å². The van der Waals surface area contributed by atoms with E-state index < -0.39 is 0 Å². The molecule has 0 saturated carbocycles. The normalized spacial score (nSPS) is 15.4. The molecule has 1 aromatic carbocycles. The van der Waals surface area contributed by atoms with E-state index in [9.17, 15) is 9.59 Å². The second-order valence-electron chi connectivity index (χ2n) is 8.33. The van der Waals surface area contributed by atoms with E-state index in [1.165, 1.54) is 0 Å². The van der Waals surface area contributed by atoms with Crippen molar-refractivity contribution in [1.29, 1.82) is 0 Å². The lowest BCUT2D eigenvalue weighted by Crippen LogP contribution is -2.47. The molecule has 0 aliphatic carbocycles. The summed E-state index contributed by atoms with van der Waals surface area (Å²) in [5.41, 5.74) is 0.879. The Morgan fingerprint density at radius 3 is 2.30 bits per heavy atom. The predicted octanol–water partition coefficient (Wildman–Crippen LogP) is 2.79. The van der Waals surface area contributed by atoms with Crippen molar-refractivity contribution in [1.82, 2.24) is 10.2 Å². The molecule has 0 atom stereocenters. The molecular formula is C21H32N2O4. The fourth-order valence-electron chi connectivity index (χ4n) is 3.29. The fraction of sp³-hybridized carbons (Fsp3) is 0.619. The van der Waals surface area contributed by atoms with Crippen LogP contribution in [0.25, 0.3) is 0 Å². The van der Waals surface area contributed by atoms with Crippen LogP contribution in [-0.2, 0) is 16.0 Å². The number of piperidine rings is 1. The molecule has 27 heavy (non-hydrogen) atoms. The van der Waals surface area contributed by atoms with Gasteiger partial charge in [0.05, 0.1) is 20.6 Å². The summed E-state index contributed by atoms with van der Waals surface area (Å²) in [4.78, 5) is 26.6. The molecule has 0 unspecified atom stereocenters. The first-order valence-electron chi connectivity index (χ1n) is 9.50. The van der Waals surface area contributed by atoms with Crippen LogP contribution in [0.2, 0.25) is 0 Å². The third kappa shape index (κ3) is 6.45. The number of hydrogen-bond donors (Lipinski definition) is 1. The molecule has 2 amide bonds. The lowest BCUT2D eigenvalue weighted by Gasteiger charge is -2.34. The Balaban J connectivity index is 1.82. The monoisotopic (exact) mass is 376 g/mol. The van der Waals surface area contributed by atoms with Gasteiger partial charge in [-0.25, -0.2) is 0 Å². The number of nitrogens with one attached hydrogen (secondary N) is 1. The minimum atomic E-state index is -0.0123. The summed E-state index contributed by atoms with van der Waals surface area (Å²) in [6, 6.07) is 5.62. The molecule has 1 aromatic rings. The fourth-order valence-corrected chi connectivity index (χ4v) is 3.29. The van der Waals surface area contributed by atoms with Crippen LogP contribution in [0.4, 0.5) is 0 Å².